The standard InChI is InChI=1S/C26H29N3O5S/c1-3-34-26(31)20-29(18-21-11-6-4-7-12-21)19-25(30)27-22-13-10-16-24(17-22)35(32,33)28(2)23-14-8-5-9-15-23/h4-17H,3,18-20H2,1-2H3,(H,27,30). The molecule has 0 heterocycles. The summed E-state index contributed by atoms with van der Waals surface area (Å²) in [6.45, 7) is 2.23. The van der Waals surface area contributed by atoms with E-state index in [0.717, 1.165) is 5.56 Å². The Hall–Kier alpha value is -3.69. The predicted octanol–water partition coefficient (Wildman–Crippen LogP) is 3.52. The smallest absolute Gasteiger partial charge is 0.320 e. The van der Waals surface area contributed by atoms with Crippen LogP contribution < -0.4 is 9.62 Å². The van der Waals surface area contributed by atoms with Crippen molar-refractivity contribution in [3.63, 3.8) is 0 Å². The molecule has 0 bridgehead atoms. The zero-order valence-corrected chi connectivity index (χ0v) is 20.6. The first-order valence-corrected chi connectivity index (χ1v) is 12.6. The minimum absolute atomic E-state index is 0.0492. The number of nitrogens with zero attached hydrogens (tertiary/aromatic N) is 2. The molecule has 1 N–H and O–H groups in total. The van der Waals surface area contributed by atoms with Gasteiger partial charge in [0, 0.05) is 19.3 Å². The van der Waals surface area contributed by atoms with E-state index in [9.17, 15) is 18.0 Å². The van der Waals surface area contributed by atoms with Crippen LogP contribution in [0.25, 0.3) is 0 Å². The summed E-state index contributed by atoms with van der Waals surface area (Å²) < 4.78 is 32.4. The third kappa shape index (κ3) is 7.40. The predicted molar refractivity (Wildman–Crippen MR) is 135 cm³/mol. The molecule has 3 rings (SSSR count). The van der Waals surface area contributed by atoms with Crippen molar-refractivity contribution in [1.29, 1.82) is 0 Å². The van der Waals surface area contributed by atoms with Crippen LogP contribution in [0.15, 0.2) is 89.8 Å². The molecule has 0 saturated carbocycles. The zero-order chi connectivity index (χ0) is 25.3. The average Bonchev–Trinajstić information content (AvgIpc) is 2.85. The van der Waals surface area contributed by atoms with Gasteiger partial charge in [-0.1, -0.05) is 54.6 Å². The second kappa shape index (κ2) is 12.1. The number of benzene rings is 3. The SMILES string of the molecule is CCOC(=O)CN(CC(=O)Nc1cccc(S(=O)(=O)N(C)c2ccccc2)c1)Cc1ccccc1. The van der Waals surface area contributed by atoms with Crippen molar-refractivity contribution in [1.82, 2.24) is 4.90 Å². The lowest BCUT2D eigenvalue weighted by atomic mass is 10.2. The summed E-state index contributed by atoms with van der Waals surface area (Å²) in [5.41, 5.74) is 1.81. The fourth-order valence-electron chi connectivity index (χ4n) is 3.47. The number of para-hydroxylation sites is 1. The number of nitrogens with one attached hydrogen (secondary N) is 1. The topological polar surface area (TPSA) is 96.0 Å². The van der Waals surface area contributed by atoms with E-state index in [-0.39, 0.29) is 30.5 Å². The van der Waals surface area contributed by atoms with Crippen LogP contribution in [0.4, 0.5) is 11.4 Å². The Labute approximate surface area is 206 Å². The summed E-state index contributed by atoms with van der Waals surface area (Å²) in [6, 6.07) is 24.3. The van der Waals surface area contributed by atoms with E-state index in [1.165, 1.54) is 23.5 Å². The highest BCUT2D eigenvalue weighted by Crippen LogP contribution is 2.23. The fourth-order valence-corrected chi connectivity index (χ4v) is 4.71. The number of rotatable bonds is 11. The summed E-state index contributed by atoms with van der Waals surface area (Å²) in [4.78, 5) is 26.6. The number of sulfonamides is 1. The first kappa shape index (κ1) is 25.9. The maximum atomic E-state index is 13.1. The van der Waals surface area contributed by atoms with E-state index in [4.69, 9.17) is 4.74 Å². The molecule has 0 saturated heterocycles. The second-order valence-corrected chi connectivity index (χ2v) is 9.79. The summed E-state index contributed by atoms with van der Waals surface area (Å²) >= 11 is 0. The molecule has 184 valence electrons. The molecular weight excluding hydrogens is 466 g/mol. The quantitative estimate of drug-likeness (QED) is 0.409. The second-order valence-electron chi connectivity index (χ2n) is 7.82. The molecule has 1 amide bonds. The number of hydrogen-bond acceptors (Lipinski definition) is 6. The molecule has 35 heavy (non-hydrogen) atoms. The van der Waals surface area contributed by atoms with Gasteiger partial charge >= 0.3 is 5.97 Å². The average molecular weight is 496 g/mol. The van der Waals surface area contributed by atoms with Crippen LogP contribution in [0.5, 0.6) is 0 Å². The molecule has 0 unspecified atom stereocenters. The lowest BCUT2D eigenvalue weighted by molar-refractivity contribution is -0.144. The third-order valence-electron chi connectivity index (χ3n) is 5.17. The fraction of sp³-hybridized carbons (Fsp3) is 0.231. The number of carbonyl (C=O) groups excluding carboxylic acids is 2. The Kier molecular flexibility index (Phi) is 8.99. The molecule has 3 aromatic rings. The van der Waals surface area contributed by atoms with Gasteiger partial charge in [-0.2, -0.15) is 0 Å². The van der Waals surface area contributed by atoms with E-state index >= 15 is 0 Å². The van der Waals surface area contributed by atoms with E-state index in [1.807, 2.05) is 36.4 Å². The van der Waals surface area contributed by atoms with E-state index in [2.05, 4.69) is 5.32 Å². The third-order valence-corrected chi connectivity index (χ3v) is 6.95. The highest BCUT2D eigenvalue weighted by atomic mass is 32.2. The molecule has 3 aromatic carbocycles. The highest BCUT2D eigenvalue weighted by molar-refractivity contribution is 7.92. The molecule has 0 spiro atoms. The first-order chi connectivity index (χ1) is 16.8. The Balaban J connectivity index is 1.72. The molecular formula is C26H29N3O5S. The van der Waals surface area contributed by atoms with Crippen LogP contribution in [0.2, 0.25) is 0 Å². The molecule has 0 atom stereocenters. The number of anilines is 2. The number of ether oxygens (including phenoxy) is 1. The maximum Gasteiger partial charge on any atom is 0.320 e. The van der Waals surface area contributed by atoms with Gasteiger partial charge in [0.05, 0.1) is 30.3 Å². The van der Waals surface area contributed by atoms with Crippen LogP contribution in [0, 0.1) is 0 Å². The number of carbonyl (C=O) groups is 2. The summed E-state index contributed by atoms with van der Waals surface area (Å²) in [5, 5.41) is 2.74. The van der Waals surface area contributed by atoms with Crippen LogP contribution >= 0.6 is 0 Å². The summed E-state index contributed by atoms with van der Waals surface area (Å²) in [7, 11) is -2.35. The lowest BCUT2D eigenvalue weighted by Gasteiger charge is -2.21. The minimum Gasteiger partial charge on any atom is -0.465 e. The maximum absolute atomic E-state index is 13.1. The van der Waals surface area contributed by atoms with E-state index in [1.54, 1.807) is 48.2 Å². The van der Waals surface area contributed by atoms with Gasteiger partial charge in [0.1, 0.15) is 0 Å². The molecule has 0 fully saturated rings. The summed E-state index contributed by atoms with van der Waals surface area (Å²) in [5.74, 6) is -0.801. The van der Waals surface area contributed by atoms with Crippen molar-refractivity contribution in [3.8, 4) is 0 Å². The van der Waals surface area contributed by atoms with Crippen LogP contribution in [0.1, 0.15) is 12.5 Å². The van der Waals surface area contributed by atoms with Crippen molar-refractivity contribution in [2.24, 2.45) is 0 Å². The van der Waals surface area contributed by atoms with Gasteiger partial charge in [-0.15, -0.1) is 0 Å². The molecule has 9 heteroatoms. The number of esters is 1. The van der Waals surface area contributed by atoms with Gasteiger partial charge in [0.2, 0.25) is 5.91 Å². The summed E-state index contributed by atoms with van der Waals surface area (Å²) in [6.07, 6.45) is 0. The van der Waals surface area contributed by atoms with Gasteiger partial charge in [-0.05, 0) is 42.8 Å². The van der Waals surface area contributed by atoms with Gasteiger partial charge < -0.3 is 10.1 Å². The van der Waals surface area contributed by atoms with Crippen molar-refractivity contribution < 1.29 is 22.7 Å². The van der Waals surface area contributed by atoms with Crippen molar-refractivity contribution in [2.45, 2.75) is 18.4 Å². The highest BCUT2D eigenvalue weighted by Gasteiger charge is 2.22. The molecule has 0 radical (unpaired) electrons. The molecule has 0 aliphatic carbocycles. The van der Waals surface area contributed by atoms with Crippen molar-refractivity contribution >= 4 is 33.3 Å². The van der Waals surface area contributed by atoms with Crippen LogP contribution in [-0.4, -0.2) is 51.9 Å². The van der Waals surface area contributed by atoms with Crippen LogP contribution in [0.3, 0.4) is 0 Å². The molecule has 0 aromatic heterocycles. The Bertz CT molecular complexity index is 1230. The lowest BCUT2D eigenvalue weighted by Crippen LogP contribution is -2.37. The van der Waals surface area contributed by atoms with Crippen molar-refractivity contribution in [3.05, 3.63) is 90.5 Å². The Morgan fingerprint density at radius 1 is 0.886 bits per heavy atom. The van der Waals surface area contributed by atoms with E-state index < -0.39 is 16.0 Å². The van der Waals surface area contributed by atoms with Gasteiger partial charge in [0.15, 0.2) is 0 Å². The number of amides is 1. The van der Waals surface area contributed by atoms with Gasteiger partial charge in [0.25, 0.3) is 10.0 Å². The van der Waals surface area contributed by atoms with Crippen molar-refractivity contribution in [2.75, 3.05) is 36.4 Å². The Morgan fingerprint density at radius 2 is 1.54 bits per heavy atom. The zero-order valence-electron chi connectivity index (χ0n) is 19.8. The normalized spacial score (nSPS) is 11.2. The van der Waals surface area contributed by atoms with Gasteiger partial charge in [-0.3, -0.25) is 18.8 Å². The Morgan fingerprint density at radius 3 is 2.20 bits per heavy atom. The van der Waals surface area contributed by atoms with Crippen LogP contribution in [-0.2, 0) is 30.9 Å². The first-order valence-electron chi connectivity index (χ1n) is 11.2. The minimum atomic E-state index is -3.83. The number of hydrogen-bond donors (Lipinski definition) is 1. The molecule has 0 aliphatic rings. The van der Waals surface area contributed by atoms with Gasteiger partial charge in [-0.25, -0.2) is 8.42 Å². The van der Waals surface area contributed by atoms with E-state index in [0.29, 0.717) is 17.9 Å². The largest absolute Gasteiger partial charge is 0.465 e. The molecule has 0 aliphatic heterocycles. The monoisotopic (exact) mass is 495 g/mol. The molecule has 8 nitrogen and oxygen atoms in total.